The molecule has 0 bridgehead atoms. The van der Waals surface area contributed by atoms with Gasteiger partial charge in [0, 0.05) is 42.1 Å². The summed E-state index contributed by atoms with van der Waals surface area (Å²) in [5, 5.41) is 1.11. The Morgan fingerprint density at radius 3 is 2.76 bits per heavy atom. The lowest BCUT2D eigenvalue weighted by atomic mass is 9.73. The van der Waals surface area contributed by atoms with Crippen LogP contribution in [0.3, 0.4) is 0 Å². The number of nitrogens with two attached hydrogens (primary N) is 1. The van der Waals surface area contributed by atoms with E-state index in [1.807, 2.05) is 18.3 Å². The molecule has 5 nitrogen and oxygen atoms in total. The van der Waals surface area contributed by atoms with Crippen LogP contribution in [0.15, 0.2) is 30.5 Å². The highest BCUT2D eigenvalue weighted by molar-refractivity contribution is 6.43. The number of allylic oxidation sites excluding steroid dienone is 1. The predicted octanol–water partition coefficient (Wildman–Crippen LogP) is 4.10. The van der Waals surface area contributed by atoms with Crippen molar-refractivity contribution in [3.05, 3.63) is 57.5 Å². The second kappa shape index (κ2) is 7.24. The Kier molecular flexibility index (Phi) is 4.82. The highest BCUT2D eigenvalue weighted by Crippen LogP contribution is 2.42. The van der Waals surface area contributed by atoms with Gasteiger partial charge in [-0.25, -0.2) is 4.98 Å². The minimum absolute atomic E-state index is 0.109. The second-order valence-electron chi connectivity index (χ2n) is 8.34. The standard InChI is InChI=1S/C22H24Cl2N4O/c1-13-21(25)22(12-29-13)7-9-28(10-8-22)18-11-26-20-15(5-6-17(20)27-18)14-3-2-4-16(23)19(14)24/h2-5,11,13,21H,6-10,12,25H2,1H3/t13-,21+/m0/s1. The van der Waals surface area contributed by atoms with E-state index in [2.05, 4.69) is 17.9 Å². The smallest absolute Gasteiger partial charge is 0.147 e. The molecule has 5 rings (SSSR count). The predicted molar refractivity (Wildman–Crippen MR) is 117 cm³/mol. The number of hydrogen-bond acceptors (Lipinski definition) is 5. The van der Waals surface area contributed by atoms with Gasteiger partial charge in [0.1, 0.15) is 5.82 Å². The van der Waals surface area contributed by atoms with Gasteiger partial charge < -0.3 is 15.4 Å². The third kappa shape index (κ3) is 3.15. The lowest BCUT2D eigenvalue weighted by molar-refractivity contribution is 0.0974. The van der Waals surface area contributed by atoms with Crippen molar-refractivity contribution in [2.45, 2.75) is 38.3 Å². The molecule has 3 aliphatic rings. The zero-order valence-electron chi connectivity index (χ0n) is 16.4. The Morgan fingerprint density at radius 2 is 2.03 bits per heavy atom. The monoisotopic (exact) mass is 430 g/mol. The first-order chi connectivity index (χ1) is 14.0. The topological polar surface area (TPSA) is 64.3 Å². The quantitative estimate of drug-likeness (QED) is 0.776. The highest BCUT2D eigenvalue weighted by Gasteiger charge is 2.47. The van der Waals surface area contributed by atoms with E-state index in [9.17, 15) is 0 Å². The fourth-order valence-corrected chi connectivity index (χ4v) is 5.24. The molecule has 1 spiro atoms. The van der Waals surface area contributed by atoms with Crippen molar-refractivity contribution in [2.75, 3.05) is 24.6 Å². The van der Waals surface area contributed by atoms with Crippen molar-refractivity contribution in [3.8, 4) is 0 Å². The van der Waals surface area contributed by atoms with Crippen LogP contribution >= 0.6 is 23.2 Å². The van der Waals surface area contributed by atoms with E-state index in [-0.39, 0.29) is 17.6 Å². The van der Waals surface area contributed by atoms with Crippen LogP contribution in [-0.2, 0) is 11.2 Å². The number of benzene rings is 1. The first-order valence-electron chi connectivity index (χ1n) is 10.1. The maximum absolute atomic E-state index is 6.44. The molecule has 29 heavy (non-hydrogen) atoms. The molecule has 1 aromatic carbocycles. The maximum Gasteiger partial charge on any atom is 0.147 e. The summed E-state index contributed by atoms with van der Waals surface area (Å²) in [4.78, 5) is 12.0. The summed E-state index contributed by atoms with van der Waals surface area (Å²) in [5.41, 5.74) is 10.3. The van der Waals surface area contributed by atoms with E-state index in [1.54, 1.807) is 6.07 Å². The fourth-order valence-electron chi connectivity index (χ4n) is 4.84. The van der Waals surface area contributed by atoms with Crippen molar-refractivity contribution >= 4 is 34.6 Å². The summed E-state index contributed by atoms with van der Waals surface area (Å²) >= 11 is 12.6. The highest BCUT2D eigenvalue weighted by atomic mass is 35.5. The molecule has 7 heteroatoms. The molecule has 2 aliphatic heterocycles. The van der Waals surface area contributed by atoms with Crippen LogP contribution in [0.1, 0.15) is 36.7 Å². The van der Waals surface area contributed by atoms with Gasteiger partial charge in [0.05, 0.1) is 40.3 Å². The molecular formula is C22H24Cl2N4O. The van der Waals surface area contributed by atoms with Crippen LogP contribution in [0.2, 0.25) is 10.0 Å². The molecule has 2 aromatic rings. The number of piperidine rings is 1. The van der Waals surface area contributed by atoms with E-state index < -0.39 is 0 Å². The number of halogens is 2. The molecule has 0 saturated carbocycles. The Labute approximate surface area is 180 Å². The summed E-state index contributed by atoms with van der Waals surface area (Å²) in [7, 11) is 0. The van der Waals surface area contributed by atoms with Gasteiger partial charge in [-0.2, -0.15) is 0 Å². The Bertz CT molecular complexity index is 985. The van der Waals surface area contributed by atoms with Gasteiger partial charge in [0.25, 0.3) is 0 Å². The summed E-state index contributed by atoms with van der Waals surface area (Å²) in [6, 6.07) is 5.79. The third-order valence-corrected chi connectivity index (χ3v) is 7.58. The molecule has 2 fully saturated rings. The second-order valence-corrected chi connectivity index (χ2v) is 9.12. The maximum atomic E-state index is 6.44. The van der Waals surface area contributed by atoms with E-state index in [0.717, 1.165) is 67.3 Å². The molecule has 152 valence electrons. The molecular weight excluding hydrogens is 407 g/mol. The van der Waals surface area contributed by atoms with E-state index >= 15 is 0 Å². The van der Waals surface area contributed by atoms with Crippen LogP contribution in [0.4, 0.5) is 5.82 Å². The zero-order chi connectivity index (χ0) is 20.2. The molecule has 0 amide bonds. The van der Waals surface area contributed by atoms with Crippen molar-refractivity contribution < 1.29 is 4.74 Å². The average molecular weight is 431 g/mol. The lowest BCUT2D eigenvalue weighted by Gasteiger charge is -2.41. The van der Waals surface area contributed by atoms with Crippen molar-refractivity contribution in [3.63, 3.8) is 0 Å². The summed E-state index contributed by atoms with van der Waals surface area (Å²) in [6.45, 7) is 4.70. The van der Waals surface area contributed by atoms with Crippen LogP contribution < -0.4 is 10.6 Å². The molecule has 2 atom stereocenters. The molecule has 1 aliphatic carbocycles. The number of nitrogens with zero attached hydrogens (tertiary/aromatic N) is 3. The fraction of sp³-hybridized carbons (Fsp3) is 0.455. The van der Waals surface area contributed by atoms with Crippen LogP contribution in [0, 0.1) is 5.41 Å². The summed E-state index contributed by atoms with van der Waals surface area (Å²) in [6.07, 6.45) is 6.96. The average Bonchev–Trinajstić information content (AvgIpc) is 3.27. The third-order valence-electron chi connectivity index (χ3n) is 6.76. The lowest BCUT2D eigenvalue weighted by Crippen LogP contribution is -2.50. The first-order valence-corrected chi connectivity index (χ1v) is 10.9. The van der Waals surface area contributed by atoms with Crippen LogP contribution in [0.25, 0.3) is 5.57 Å². The van der Waals surface area contributed by atoms with Crippen molar-refractivity contribution in [2.24, 2.45) is 11.1 Å². The van der Waals surface area contributed by atoms with E-state index in [4.69, 9.17) is 43.6 Å². The van der Waals surface area contributed by atoms with Gasteiger partial charge >= 0.3 is 0 Å². The molecule has 2 saturated heterocycles. The van der Waals surface area contributed by atoms with Gasteiger partial charge in [0.15, 0.2) is 0 Å². The van der Waals surface area contributed by atoms with Gasteiger partial charge in [-0.3, -0.25) is 4.98 Å². The van der Waals surface area contributed by atoms with E-state index in [1.165, 1.54) is 0 Å². The first kappa shape index (κ1) is 19.3. The van der Waals surface area contributed by atoms with Gasteiger partial charge in [-0.05, 0) is 25.8 Å². The Morgan fingerprint density at radius 1 is 1.24 bits per heavy atom. The van der Waals surface area contributed by atoms with Gasteiger partial charge in [-0.1, -0.05) is 41.4 Å². The summed E-state index contributed by atoms with van der Waals surface area (Å²) in [5.74, 6) is 0.936. The Hall–Kier alpha value is -1.66. The Balaban J connectivity index is 1.35. The number of fused-ring (bicyclic) bond motifs is 1. The number of hydrogen-bond donors (Lipinski definition) is 1. The minimum atomic E-state index is 0.109. The number of ether oxygens (including phenoxy) is 1. The zero-order valence-corrected chi connectivity index (χ0v) is 17.9. The van der Waals surface area contributed by atoms with Gasteiger partial charge in [0.2, 0.25) is 0 Å². The van der Waals surface area contributed by atoms with Gasteiger partial charge in [-0.15, -0.1) is 0 Å². The normalized spacial score (nSPS) is 25.4. The van der Waals surface area contributed by atoms with E-state index in [0.29, 0.717) is 10.0 Å². The van der Waals surface area contributed by atoms with Crippen LogP contribution in [0.5, 0.6) is 0 Å². The molecule has 1 aromatic heterocycles. The number of anilines is 1. The largest absolute Gasteiger partial charge is 0.376 e. The number of rotatable bonds is 2. The minimum Gasteiger partial charge on any atom is -0.376 e. The molecule has 0 radical (unpaired) electrons. The van der Waals surface area contributed by atoms with Crippen molar-refractivity contribution in [1.82, 2.24) is 9.97 Å². The molecule has 3 heterocycles. The van der Waals surface area contributed by atoms with Crippen molar-refractivity contribution in [1.29, 1.82) is 0 Å². The number of aromatic nitrogens is 2. The molecule has 2 N–H and O–H groups in total. The molecule has 0 unspecified atom stereocenters. The van der Waals surface area contributed by atoms with Crippen LogP contribution in [-0.4, -0.2) is 41.8 Å². The summed E-state index contributed by atoms with van der Waals surface area (Å²) < 4.78 is 5.83. The SMILES string of the molecule is C[C@@H]1OCC2(CCN(c3cnc4c(n3)CC=C4c3cccc(Cl)c3Cl)CC2)[C@@H]1N.